The predicted octanol–water partition coefficient (Wildman–Crippen LogP) is 4.55. The third kappa shape index (κ3) is 5.69. The summed E-state index contributed by atoms with van der Waals surface area (Å²) in [5.74, 6) is -0.734. The molecule has 0 saturated carbocycles. The van der Waals surface area contributed by atoms with Crippen molar-refractivity contribution in [2.75, 3.05) is 25.0 Å². The molecule has 188 valence electrons. The molecule has 1 atom stereocenters. The van der Waals surface area contributed by atoms with E-state index >= 15 is 0 Å². The zero-order chi connectivity index (χ0) is 25.4. The number of halogens is 2. The van der Waals surface area contributed by atoms with Gasteiger partial charge in [-0.05, 0) is 86.9 Å². The Morgan fingerprint density at radius 1 is 1.23 bits per heavy atom. The molecular formula is C25H30FIN4O4. The highest BCUT2D eigenvalue weighted by Gasteiger charge is 2.53. The van der Waals surface area contributed by atoms with Crippen molar-refractivity contribution in [2.24, 2.45) is 0 Å². The highest BCUT2D eigenvalue weighted by Crippen LogP contribution is 2.36. The molecule has 35 heavy (non-hydrogen) atoms. The Balaban J connectivity index is 1.47. The molecule has 2 amide bonds. The summed E-state index contributed by atoms with van der Waals surface area (Å²) in [6, 6.07) is 5.91. The Hall–Kier alpha value is -2.47. The zero-order valence-electron chi connectivity index (χ0n) is 20.1. The Kier molecular flexibility index (Phi) is 7.23. The lowest BCUT2D eigenvalue weighted by Crippen LogP contribution is -2.73. The topological polar surface area (TPSA) is 95.0 Å². The third-order valence-corrected chi connectivity index (χ3v) is 6.89. The maximum atomic E-state index is 14.4. The van der Waals surface area contributed by atoms with Crippen LogP contribution in [0.5, 0.6) is 0 Å². The molecule has 3 heterocycles. The number of carbonyl (C=O) groups is 2. The number of hydrogen-bond acceptors (Lipinski definition) is 6. The molecule has 10 heteroatoms. The lowest BCUT2D eigenvalue weighted by atomic mass is 9.80. The standard InChI is InChI=1S/C25H30FIN4O4/c1-24(2,3)35-23(33)31-11-5-4-6-21(31)25(34)14-30(15-25)22(32)17-9-10-28-13-20(17)29-19-8-7-16(27)12-18(19)26/h7-10,12-13,21,29,34H,4-6,11,14-15H2,1-3H3/t21-/m0/s1. The number of benzene rings is 1. The number of β-amino-alcohol motifs (C(OH)–C–C–N with tert-alkyl or cyclic N) is 1. The van der Waals surface area contributed by atoms with Gasteiger partial charge < -0.3 is 25.0 Å². The Morgan fingerprint density at radius 2 is 1.97 bits per heavy atom. The van der Waals surface area contributed by atoms with E-state index in [1.54, 1.807) is 23.1 Å². The lowest BCUT2D eigenvalue weighted by Gasteiger charge is -2.54. The first kappa shape index (κ1) is 25.6. The number of carbonyl (C=O) groups excluding carboxylic acids is 2. The summed E-state index contributed by atoms with van der Waals surface area (Å²) in [6.45, 7) is 6.13. The lowest BCUT2D eigenvalue weighted by molar-refractivity contribution is -0.137. The van der Waals surface area contributed by atoms with Crippen molar-refractivity contribution in [3.63, 3.8) is 0 Å². The maximum Gasteiger partial charge on any atom is 0.410 e. The Morgan fingerprint density at radius 3 is 2.66 bits per heavy atom. The molecule has 1 aromatic heterocycles. The molecule has 2 saturated heterocycles. The first-order valence-electron chi connectivity index (χ1n) is 11.6. The van der Waals surface area contributed by atoms with Crippen LogP contribution in [-0.4, -0.2) is 68.8 Å². The number of aliphatic hydroxyl groups is 1. The number of anilines is 2. The summed E-state index contributed by atoms with van der Waals surface area (Å²) < 4.78 is 20.7. The molecule has 0 bridgehead atoms. The molecule has 2 aliphatic heterocycles. The summed E-state index contributed by atoms with van der Waals surface area (Å²) in [4.78, 5) is 33.3. The Labute approximate surface area is 218 Å². The van der Waals surface area contributed by atoms with Crippen LogP contribution in [0.15, 0.2) is 36.7 Å². The van der Waals surface area contributed by atoms with Crippen LogP contribution < -0.4 is 5.32 Å². The van der Waals surface area contributed by atoms with Crippen LogP contribution in [0.1, 0.15) is 50.4 Å². The largest absolute Gasteiger partial charge is 0.444 e. The molecule has 2 N–H and O–H groups in total. The van der Waals surface area contributed by atoms with Gasteiger partial charge in [-0.1, -0.05) is 0 Å². The van der Waals surface area contributed by atoms with Gasteiger partial charge in [-0.15, -0.1) is 0 Å². The molecule has 0 radical (unpaired) electrons. The molecule has 2 fully saturated rings. The van der Waals surface area contributed by atoms with Gasteiger partial charge in [0.1, 0.15) is 17.0 Å². The molecule has 0 spiro atoms. The summed E-state index contributed by atoms with van der Waals surface area (Å²) >= 11 is 2.03. The minimum atomic E-state index is -1.21. The minimum Gasteiger partial charge on any atom is -0.444 e. The molecule has 0 unspecified atom stereocenters. The van der Waals surface area contributed by atoms with Gasteiger partial charge in [-0.2, -0.15) is 0 Å². The van der Waals surface area contributed by atoms with E-state index in [0.29, 0.717) is 24.2 Å². The van der Waals surface area contributed by atoms with Gasteiger partial charge in [0.2, 0.25) is 0 Å². The number of rotatable bonds is 4. The normalized spacial score (nSPS) is 19.7. The van der Waals surface area contributed by atoms with Gasteiger partial charge in [-0.25, -0.2) is 9.18 Å². The van der Waals surface area contributed by atoms with Crippen LogP contribution in [0, 0.1) is 9.39 Å². The van der Waals surface area contributed by atoms with E-state index in [0.717, 1.165) is 16.4 Å². The van der Waals surface area contributed by atoms with Crippen LogP contribution in [0.2, 0.25) is 0 Å². The van der Waals surface area contributed by atoms with Gasteiger partial charge in [0.25, 0.3) is 5.91 Å². The number of hydrogen-bond donors (Lipinski definition) is 2. The van der Waals surface area contributed by atoms with Crippen molar-refractivity contribution in [1.82, 2.24) is 14.8 Å². The van der Waals surface area contributed by atoms with Gasteiger partial charge in [-0.3, -0.25) is 9.78 Å². The van der Waals surface area contributed by atoms with Crippen molar-refractivity contribution < 1.29 is 23.8 Å². The second-order valence-electron chi connectivity index (χ2n) is 10.1. The second-order valence-corrected chi connectivity index (χ2v) is 11.4. The van der Waals surface area contributed by atoms with E-state index in [9.17, 15) is 19.1 Å². The molecule has 1 aromatic carbocycles. The highest BCUT2D eigenvalue weighted by molar-refractivity contribution is 14.1. The predicted molar refractivity (Wildman–Crippen MR) is 138 cm³/mol. The number of nitrogens with zero attached hydrogens (tertiary/aromatic N) is 3. The number of nitrogens with one attached hydrogen (secondary N) is 1. The van der Waals surface area contributed by atoms with Crippen molar-refractivity contribution in [3.8, 4) is 0 Å². The summed E-state index contributed by atoms with van der Waals surface area (Å²) in [7, 11) is 0. The smallest absolute Gasteiger partial charge is 0.410 e. The van der Waals surface area contributed by atoms with Gasteiger partial charge in [0.05, 0.1) is 42.3 Å². The van der Waals surface area contributed by atoms with Crippen molar-refractivity contribution in [1.29, 1.82) is 0 Å². The quantitative estimate of drug-likeness (QED) is 0.504. The summed E-state index contributed by atoms with van der Waals surface area (Å²) in [5.41, 5.74) is -0.906. The van der Waals surface area contributed by atoms with E-state index in [-0.39, 0.29) is 24.7 Å². The number of ether oxygens (including phenoxy) is 1. The fourth-order valence-electron chi connectivity index (χ4n) is 4.59. The number of piperidine rings is 1. The molecule has 2 aliphatic rings. The van der Waals surface area contributed by atoms with Crippen molar-refractivity contribution in [3.05, 3.63) is 51.6 Å². The van der Waals surface area contributed by atoms with Crippen LogP contribution in [0.25, 0.3) is 0 Å². The third-order valence-electron chi connectivity index (χ3n) is 6.22. The number of amides is 2. The van der Waals surface area contributed by atoms with Gasteiger partial charge in [0.15, 0.2) is 0 Å². The van der Waals surface area contributed by atoms with Crippen LogP contribution in [0.4, 0.5) is 20.6 Å². The number of pyridine rings is 1. The number of likely N-dealkylation sites (tertiary alicyclic amines) is 2. The average molecular weight is 596 g/mol. The van der Waals surface area contributed by atoms with E-state index < -0.39 is 29.2 Å². The summed E-state index contributed by atoms with van der Waals surface area (Å²) in [6.07, 6.45) is 4.91. The van der Waals surface area contributed by atoms with Crippen molar-refractivity contribution >= 4 is 46.0 Å². The van der Waals surface area contributed by atoms with E-state index in [2.05, 4.69) is 10.3 Å². The summed E-state index contributed by atoms with van der Waals surface area (Å²) in [5, 5.41) is 14.3. The van der Waals surface area contributed by atoms with E-state index in [1.165, 1.54) is 23.4 Å². The monoisotopic (exact) mass is 596 g/mol. The van der Waals surface area contributed by atoms with Crippen LogP contribution in [0.3, 0.4) is 0 Å². The second kappa shape index (κ2) is 9.88. The molecule has 8 nitrogen and oxygen atoms in total. The molecule has 2 aromatic rings. The fourth-order valence-corrected chi connectivity index (χ4v) is 5.04. The maximum absolute atomic E-state index is 14.4. The molecule has 4 rings (SSSR count). The first-order valence-corrected chi connectivity index (χ1v) is 12.7. The van der Waals surface area contributed by atoms with Gasteiger partial charge in [0, 0.05) is 16.3 Å². The highest BCUT2D eigenvalue weighted by atomic mass is 127. The van der Waals surface area contributed by atoms with Gasteiger partial charge >= 0.3 is 6.09 Å². The SMILES string of the molecule is CC(C)(C)OC(=O)N1CCCC[C@H]1C1(O)CN(C(=O)c2ccncc2Nc2ccc(I)cc2F)C1. The van der Waals surface area contributed by atoms with E-state index in [4.69, 9.17) is 4.74 Å². The van der Waals surface area contributed by atoms with Crippen LogP contribution >= 0.6 is 22.6 Å². The minimum absolute atomic E-state index is 0.0927. The number of aromatic nitrogens is 1. The molecule has 0 aliphatic carbocycles. The average Bonchev–Trinajstić information content (AvgIpc) is 2.77. The van der Waals surface area contributed by atoms with E-state index in [1.807, 2.05) is 43.4 Å². The van der Waals surface area contributed by atoms with Crippen LogP contribution in [-0.2, 0) is 4.74 Å². The molecular weight excluding hydrogens is 566 g/mol. The first-order chi connectivity index (χ1) is 16.5. The zero-order valence-corrected chi connectivity index (χ0v) is 22.2. The Bertz CT molecular complexity index is 1120. The fraction of sp³-hybridized carbons (Fsp3) is 0.480. The van der Waals surface area contributed by atoms with Crippen molar-refractivity contribution in [2.45, 2.75) is 57.3 Å².